The van der Waals surface area contributed by atoms with Crippen molar-refractivity contribution >= 4 is 27.6 Å². The number of anilines is 1. The Kier molecular flexibility index (Phi) is 6.17. The van der Waals surface area contributed by atoms with E-state index in [1.807, 2.05) is 0 Å². The number of carbonyl (C=O) groups is 2. The van der Waals surface area contributed by atoms with E-state index in [0.717, 1.165) is 31.0 Å². The Morgan fingerprint density at radius 2 is 1.97 bits per heavy atom. The van der Waals surface area contributed by atoms with Gasteiger partial charge in [-0.1, -0.05) is 12.1 Å². The monoisotopic (exact) mass is 420 g/mol. The van der Waals surface area contributed by atoms with Crippen molar-refractivity contribution in [1.82, 2.24) is 5.32 Å². The standard InChI is InChI=1S/C20H21FN2O5S/c1-13-12-14(21)9-10-18(13)29(26,27)23-16-7-3-2-6-15(16)20(25)28-17-8-4-5-11-22-19(17)24/h2-3,6-7,9-10,12,17,23H,4-5,8,11H2,1H3,(H,22,24)/t17-/m0/s1. The summed E-state index contributed by atoms with van der Waals surface area (Å²) < 4.78 is 46.5. The number of sulfonamides is 1. The first-order valence-corrected chi connectivity index (χ1v) is 10.6. The first kappa shape index (κ1) is 20.8. The van der Waals surface area contributed by atoms with Crippen LogP contribution in [0.4, 0.5) is 10.1 Å². The van der Waals surface area contributed by atoms with Crippen LogP contribution in [0, 0.1) is 12.7 Å². The predicted molar refractivity (Wildman–Crippen MR) is 104 cm³/mol. The van der Waals surface area contributed by atoms with Gasteiger partial charge in [0.2, 0.25) is 0 Å². The number of benzene rings is 2. The maximum atomic E-state index is 13.3. The van der Waals surface area contributed by atoms with Crippen LogP contribution < -0.4 is 10.0 Å². The Labute approximate surface area is 168 Å². The van der Waals surface area contributed by atoms with Crippen molar-refractivity contribution in [3.63, 3.8) is 0 Å². The summed E-state index contributed by atoms with van der Waals surface area (Å²) in [7, 11) is -4.07. The van der Waals surface area contributed by atoms with E-state index in [0.29, 0.717) is 13.0 Å². The summed E-state index contributed by atoms with van der Waals surface area (Å²) >= 11 is 0. The molecule has 154 valence electrons. The molecular formula is C20H21FN2O5S. The van der Waals surface area contributed by atoms with Crippen molar-refractivity contribution in [2.75, 3.05) is 11.3 Å². The van der Waals surface area contributed by atoms with Gasteiger partial charge in [-0.15, -0.1) is 0 Å². The highest BCUT2D eigenvalue weighted by Crippen LogP contribution is 2.24. The largest absolute Gasteiger partial charge is 0.449 e. The zero-order valence-corrected chi connectivity index (χ0v) is 16.6. The van der Waals surface area contributed by atoms with Crippen LogP contribution in [0.25, 0.3) is 0 Å². The van der Waals surface area contributed by atoms with Crippen molar-refractivity contribution in [2.24, 2.45) is 0 Å². The molecule has 0 saturated carbocycles. The molecule has 1 fully saturated rings. The molecule has 9 heteroatoms. The molecule has 0 unspecified atom stereocenters. The molecule has 0 aliphatic carbocycles. The van der Waals surface area contributed by atoms with Crippen LogP contribution in [0.1, 0.15) is 35.2 Å². The SMILES string of the molecule is Cc1cc(F)ccc1S(=O)(=O)Nc1ccccc1C(=O)O[C@H]1CCCCNC1=O. The van der Waals surface area contributed by atoms with Gasteiger partial charge >= 0.3 is 5.97 Å². The van der Waals surface area contributed by atoms with E-state index < -0.39 is 27.9 Å². The molecule has 1 atom stereocenters. The lowest BCUT2D eigenvalue weighted by molar-refractivity contribution is -0.129. The number of para-hydroxylation sites is 1. The predicted octanol–water partition coefficient (Wildman–Crippen LogP) is 2.76. The van der Waals surface area contributed by atoms with Crippen molar-refractivity contribution in [3.8, 4) is 0 Å². The van der Waals surface area contributed by atoms with Gasteiger partial charge < -0.3 is 10.1 Å². The number of nitrogens with one attached hydrogen (secondary N) is 2. The molecule has 0 radical (unpaired) electrons. The van der Waals surface area contributed by atoms with Gasteiger partial charge in [-0.2, -0.15) is 0 Å². The lowest BCUT2D eigenvalue weighted by Crippen LogP contribution is -2.36. The van der Waals surface area contributed by atoms with Crippen molar-refractivity contribution in [3.05, 3.63) is 59.4 Å². The van der Waals surface area contributed by atoms with Crippen LogP contribution in [0.15, 0.2) is 47.4 Å². The van der Waals surface area contributed by atoms with Crippen molar-refractivity contribution in [2.45, 2.75) is 37.2 Å². The molecule has 1 amide bonds. The molecule has 7 nitrogen and oxygen atoms in total. The van der Waals surface area contributed by atoms with E-state index in [9.17, 15) is 22.4 Å². The van der Waals surface area contributed by atoms with E-state index >= 15 is 0 Å². The molecule has 2 aromatic rings. The fraction of sp³-hybridized carbons (Fsp3) is 0.300. The lowest BCUT2D eigenvalue weighted by Gasteiger charge is -2.17. The number of ether oxygens (including phenoxy) is 1. The fourth-order valence-corrected chi connectivity index (χ4v) is 4.39. The number of esters is 1. The maximum absolute atomic E-state index is 13.3. The van der Waals surface area contributed by atoms with Crippen LogP contribution in [0.5, 0.6) is 0 Å². The number of halogens is 1. The van der Waals surface area contributed by atoms with Crippen LogP contribution in [0.2, 0.25) is 0 Å². The number of aryl methyl sites for hydroxylation is 1. The minimum Gasteiger partial charge on any atom is -0.449 e. The van der Waals surface area contributed by atoms with Crippen LogP contribution in [-0.2, 0) is 19.6 Å². The summed E-state index contributed by atoms with van der Waals surface area (Å²) in [5, 5.41) is 2.68. The second kappa shape index (κ2) is 8.60. The summed E-state index contributed by atoms with van der Waals surface area (Å²) in [5.74, 6) is -1.72. The smallest absolute Gasteiger partial charge is 0.341 e. The molecular weight excluding hydrogens is 399 g/mol. The summed E-state index contributed by atoms with van der Waals surface area (Å²) in [6.07, 6.45) is 1.01. The normalized spacial score (nSPS) is 17.2. The molecule has 1 saturated heterocycles. The molecule has 3 rings (SSSR count). The molecule has 2 N–H and O–H groups in total. The average molecular weight is 420 g/mol. The molecule has 1 aliphatic rings. The van der Waals surface area contributed by atoms with Gasteiger partial charge in [0.25, 0.3) is 15.9 Å². The topological polar surface area (TPSA) is 102 Å². The van der Waals surface area contributed by atoms with E-state index in [1.54, 1.807) is 12.1 Å². The zero-order chi connectivity index (χ0) is 21.0. The Morgan fingerprint density at radius 1 is 1.21 bits per heavy atom. The molecule has 0 bridgehead atoms. The highest BCUT2D eigenvalue weighted by molar-refractivity contribution is 7.92. The first-order chi connectivity index (χ1) is 13.8. The number of carbonyl (C=O) groups excluding carboxylic acids is 2. The summed E-state index contributed by atoms with van der Waals surface area (Å²) in [4.78, 5) is 24.5. The third kappa shape index (κ3) is 4.92. The summed E-state index contributed by atoms with van der Waals surface area (Å²) in [6.45, 7) is 2.00. The van der Waals surface area contributed by atoms with E-state index in [4.69, 9.17) is 4.74 Å². The first-order valence-electron chi connectivity index (χ1n) is 9.14. The van der Waals surface area contributed by atoms with E-state index in [-0.39, 0.29) is 27.6 Å². The van der Waals surface area contributed by atoms with Crippen LogP contribution >= 0.6 is 0 Å². The average Bonchev–Trinajstić information content (AvgIpc) is 2.86. The van der Waals surface area contributed by atoms with Crippen LogP contribution in [0.3, 0.4) is 0 Å². The zero-order valence-electron chi connectivity index (χ0n) is 15.8. The number of rotatable bonds is 5. The van der Waals surface area contributed by atoms with Gasteiger partial charge in [-0.25, -0.2) is 17.6 Å². The lowest BCUT2D eigenvalue weighted by atomic mass is 10.1. The van der Waals surface area contributed by atoms with E-state index in [2.05, 4.69) is 10.0 Å². The molecule has 2 aromatic carbocycles. The molecule has 1 aliphatic heterocycles. The van der Waals surface area contributed by atoms with Gasteiger partial charge in [0, 0.05) is 6.54 Å². The Balaban J connectivity index is 1.84. The Bertz CT molecular complexity index is 1040. The van der Waals surface area contributed by atoms with Gasteiger partial charge in [0.05, 0.1) is 16.1 Å². The second-order valence-electron chi connectivity index (χ2n) is 6.74. The Morgan fingerprint density at radius 3 is 2.72 bits per heavy atom. The summed E-state index contributed by atoms with van der Waals surface area (Å²) in [5.41, 5.74) is 0.218. The minimum atomic E-state index is -4.07. The number of amides is 1. The van der Waals surface area contributed by atoms with Gasteiger partial charge in [-0.3, -0.25) is 9.52 Å². The number of hydrogen-bond donors (Lipinski definition) is 2. The highest BCUT2D eigenvalue weighted by atomic mass is 32.2. The third-order valence-corrected chi connectivity index (χ3v) is 6.08. The molecule has 0 spiro atoms. The summed E-state index contributed by atoms with van der Waals surface area (Å²) in [6, 6.07) is 9.26. The highest BCUT2D eigenvalue weighted by Gasteiger charge is 2.27. The van der Waals surface area contributed by atoms with Crippen molar-refractivity contribution < 1.29 is 27.1 Å². The fourth-order valence-electron chi connectivity index (χ4n) is 3.08. The van der Waals surface area contributed by atoms with Gasteiger partial charge in [0.15, 0.2) is 6.10 Å². The molecule has 29 heavy (non-hydrogen) atoms. The second-order valence-corrected chi connectivity index (χ2v) is 8.39. The molecule has 1 heterocycles. The number of hydrogen-bond acceptors (Lipinski definition) is 5. The molecule has 0 aromatic heterocycles. The van der Waals surface area contributed by atoms with E-state index in [1.165, 1.54) is 19.1 Å². The minimum absolute atomic E-state index is 0.00950. The van der Waals surface area contributed by atoms with Crippen LogP contribution in [-0.4, -0.2) is 32.9 Å². The van der Waals surface area contributed by atoms with Crippen molar-refractivity contribution in [1.29, 1.82) is 0 Å². The maximum Gasteiger partial charge on any atom is 0.341 e. The Hall–Kier alpha value is -2.94. The van der Waals surface area contributed by atoms with Gasteiger partial charge in [0.1, 0.15) is 5.82 Å². The quantitative estimate of drug-likeness (QED) is 0.725. The van der Waals surface area contributed by atoms with Gasteiger partial charge in [-0.05, 0) is 62.1 Å². The third-order valence-electron chi connectivity index (χ3n) is 4.55.